The Bertz CT molecular complexity index is 1470. The van der Waals surface area contributed by atoms with Crippen LogP contribution in [0.1, 0.15) is 77.5 Å². The van der Waals surface area contributed by atoms with Crippen LogP contribution >= 0.6 is 11.3 Å². The molecule has 2 aliphatic rings. The first-order valence-electron chi connectivity index (χ1n) is 14.2. The summed E-state index contributed by atoms with van der Waals surface area (Å²) in [5, 5.41) is 20.1. The molecule has 3 aromatic heterocycles. The summed E-state index contributed by atoms with van der Waals surface area (Å²) in [6, 6.07) is 8.31. The van der Waals surface area contributed by atoms with E-state index in [1.54, 1.807) is 18.4 Å². The second-order valence-electron chi connectivity index (χ2n) is 12.4. The number of aromatic nitrogens is 4. The first-order valence-corrected chi connectivity index (χ1v) is 15.1. The number of thiophene rings is 1. The summed E-state index contributed by atoms with van der Waals surface area (Å²) in [5.41, 5.74) is 6.17. The van der Waals surface area contributed by atoms with Crippen molar-refractivity contribution >= 4 is 21.6 Å². The zero-order chi connectivity index (χ0) is 27.9. The van der Waals surface area contributed by atoms with Crippen LogP contribution in [0.2, 0.25) is 0 Å². The van der Waals surface area contributed by atoms with E-state index in [1.807, 2.05) is 23.1 Å². The Balaban J connectivity index is 1.30. The van der Waals surface area contributed by atoms with E-state index in [0.717, 1.165) is 71.3 Å². The molecule has 0 saturated carbocycles. The van der Waals surface area contributed by atoms with Gasteiger partial charge in [-0.05, 0) is 100 Å². The van der Waals surface area contributed by atoms with Crippen LogP contribution in [0.25, 0.3) is 32.6 Å². The Labute approximate surface area is 240 Å². The number of nitrogens with zero attached hydrogens (tertiary/aromatic N) is 4. The molecule has 40 heavy (non-hydrogen) atoms. The van der Waals surface area contributed by atoms with Gasteiger partial charge in [-0.3, -0.25) is 0 Å². The molecular weight excluding hydrogens is 522 g/mol. The van der Waals surface area contributed by atoms with Crippen LogP contribution in [0, 0.1) is 0 Å². The number of methoxy groups -OCH3 is 1. The van der Waals surface area contributed by atoms with Crippen LogP contribution in [0.4, 0.5) is 0 Å². The highest BCUT2D eigenvalue weighted by Crippen LogP contribution is 2.43. The zero-order valence-corrected chi connectivity index (χ0v) is 24.9. The van der Waals surface area contributed by atoms with Crippen LogP contribution in [0.3, 0.4) is 0 Å². The summed E-state index contributed by atoms with van der Waals surface area (Å²) < 4.78 is 20.3. The quantitative estimate of drug-likeness (QED) is 0.245. The van der Waals surface area contributed by atoms with Gasteiger partial charge in [0.25, 0.3) is 0 Å². The molecule has 0 radical (unpaired) electrons. The minimum atomic E-state index is 0.00527. The van der Waals surface area contributed by atoms with Crippen molar-refractivity contribution in [2.75, 3.05) is 20.5 Å². The summed E-state index contributed by atoms with van der Waals surface area (Å²) in [4.78, 5) is 0. The zero-order valence-electron chi connectivity index (χ0n) is 24.1. The molecule has 1 N–H and O–H groups in total. The fourth-order valence-electron chi connectivity index (χ4n) is 6.54. The van der Waals surface area contributed by atoms with E-state index in [-0.39, 0.29) is 24.1 Å². The Hall–Kier alpha value is -2.85. The van der Waals surface area contributed by atoms with Crippen LogP contribution in [-0.4, -0.2) is 51.6 Å². The maximum atomic E-state index is 6.04. The van der Waals surface area contributed by atoms with Gasteiger partial charge in [0.2, 0.25) is 0 Å². The minimum Gasteiger partial charge on any atom is -0.467 e. The number of benzene rings is 1. The second kappa shape index (κ2) is 10.9. The Morgan fingerprint density at radius 3 is 2.65 bits per heavy atom. The molecule has 8 nitrogen and oxygen atoms in total. The van der Waals surface area contributed by atoms with Crippen LogP contribution in [-0.2, 0) is 9.47 Å². The van der Waals surface area contributed by atoms with Crippen molar-refractivity contribution in [3.05, 3.63) is 47.6 Å². The predicted octanol–water partition coefficient (Wildman–Crippen LogP) is 6.93. The summed E-state index contributed by atoms with van der Waals surface area (Å²) >= 11 is 1.75. The summed E-state index contributed by atoms with van der Waals surface area (Å²) in [6.45, 7) is 10.1. The van der Waals surface area contributed by atoms with Crippen molar-refractivity contribution in [1.82, 2.24) is 25.3 Å². The molecule has 6 rings (SSSR count). The van der Waals surface area contributed by atoms with Crippen LogP contribution in [0.15, 0.2) is 42.0 Å². The largest absolute Gasteiger partial charge is 0.467 e. The van der Waals surface area contributed by atoms with Gasteiger partial charge in [0, 0.05) is 42.1 Å². The third-order valence-electron chi connectivity index (χ3n) is 7.95. The first kappa shape index (κ1) is 27.3. The summed E-state index contributed by atoms with van der Waals surface area (Å²) in [7, 11) is 1.63. The van der Waals surface area contributed by atoms with E-state index in [9.17, 15) is 0 Å². The molecule has 1 aromatic carbocycles. The predicted molar refractivity (Wildman–Crippen MR) is 159 cm³/mol. The minimum absolute atomic E-state index is 0.00527. The van der Waals surface area contributed by atoms with Gasteiger partial charge in [-0.25, -0.2) is 4.68 Å². The van der Waals surface area contributed by atoms with E-state index in [0.29, 0.717) is 11.7 Å². The van der Waals surface area contributed by atoms with Crippen molar-refractivity contribution in [2.24, 2.45) is 0 Å². The van der Waals surface area contributed by atoms with E-state index < -0.39 is 0 Å². The molecule has 2 fully saturated rings. The molecule has 0 amide bonds. The fraction of sp³-hybridized carbons (Fsp3) is 0.516. The van der Waals surface area contributed by atoms with Gasteiger partial charge in [0.15, 0.2) is 6.79 Å². The highest BCUT2D eigenvalue weighted by molar-refractivity contribution is 7.17. The van der Waals surface area contributed by atoms with E-state index in [2.05, 4.69) is 61.7 Å². The monoisotopic (exact) mass is 561 g/mol. The normalized spacial score (nSPS) is 21.1. The van der Waals surface area contributed by atoms with E-state index in [4.69, 9.17) is 24.4 Å². The number of ether oxygens (including phenoxy) is 3. The van der Waals surface area contributed by atoms with Gasteiger partial charge >= 0.3 is 0 Å². The van der Waals surface area contributed by atoms with Crippen molar-refractivity contribution in [2.45, 2.75) is 83.0 Å². The van der Waals surface area contributed by atoms with Gasteiger partial charge in [-0.2, -0.15) is 5.10 Å². The lowest BCUT2D eigenvalue weighted by Crippen LogP contribution is -2.57. The molecule has 9 heteroatoms. The van der Waals surface area contributed by atoms with Gasteiger partial charge in [0.1, 0.15) is 17.5 Å². The SMILES string of the molecule is COCOc1cc(-c2cnn(C3CCCCO3)c2)ccc1-c1cc2scc(C3CC(C)(C)NC(C)(C)C3)c2nn1. The molecule has 1 atom stereocenters. The number of fused-ring (bicyclic) bond motifs is 1. The van der Waals surface area contributed by atoms with Gasteiger partial charge in [-0.1, -0.05) is 6.07 Å². The molecule has 0 bridgehead atoms. The lowest BCUT2D eigenvalue weighted by molar-refractivity contribution is -0.0394. The standard InChI is InChI=1S/C31H39N5O3S/c1-30(2)14-21(15-31(3,4)35-30)24-18-40-27-13-25(33-34-29(24)27)23-10-9-20(12-26(23)39-19-37-5)22-16-32-36(17-22)28-8-6-7-11-38-28/h9-10,12-13,16-18,21,28,35H,6-8,11,14-15,19H2,1-5H3. The number of piperidine rings is 1. The Kier molecular flexibility index (Phi) is 7.41. The van der Waals surface area contributed by atoms with E-state index in [1.165, 1.54) is 5.56 Å². The van der Waals surface area contributed by atoms with Crippen molar-refractivity contribution in [3.63, 3.8) is 0 Å². The molecule has 212 valence electrons. The Morgan fingerprint density at radius 1 is 1.07 bits per heavy atom. The molecule has 5 heterocycles. The highest BCUT2D eigenvalue weighted by atomic mass is 32.1. The average Bonchev–Trinajstić information content (AvgIpc) is 3.58. The summed E-state index contributed by atoms with van der Waals surface area (Å²) in [5.74, 6) is 1.15. The maximum absolute atomic E-state index is 6.04. The third kappa shape index (κ3) is 5.65. The molecule has 2 saturated heterocycles. The average molecular weight is 562 g/mol. The molecule has 1 unspecified atom stereocenters. The fourth-order valence-corrected chi connectivity index (χ4v) is 7.55. The number of hydrogen-bond donors (Lipinski definition) is 1. The maximum Gasteiger partial charge on any atom is 0.188 e. The molecule has 2 aliphatic heterocycles. The molecule has 0 aliphatic carbocycles. The third-order valence-corrected chi connectivity index (χ3v) is 8.89. The smallest absolute Gasteiger partial charge is 0.188 e. The second-order valence-corrected chi connectivity index (χ2v) is 13.3. The highest BCUT2D eigenvalue weighted by Gasteiger charge is 2.39. The number of hydrogen-bond acceptors (Lipinski definition) is 8. The summed E-state index contributed by atoms with van der Waals surface area (Å²) in [6.07, 6.45) is 9.35. The van der Waals surface area contributed by atoms with Crippen molar-refractivity contribution in [1.29, 1.82) is 0 Å². The van der Waals surface area contributed by atoms with Gasteiger partial charge in [-0.15, -0.1) is 21.5 Å². The Morgan fingerprint density at radius 2 is 1.90 bits per heavy atom. The van der Waals surface area contributed by atoms with Crippen LogP contribution in [0.5, 0.6) is 5.75 Å². The van der Waals surface area contributed by atoms with Crippen molar-refractivity contribution < 1.29 is 14.2 Å². The topological polar surface area (TPSA) is 83.3 Å². The number of nitrogens with one attached hydrogen (secondary N) is 1. The molecule has 0 spiro atoms. The van der Waals surface area contributed by atoms with Crippen LogP contribution < -0.4 is 10.1 Å². The number of rotatable bonds is 7. The first-order chi connectivity index (χ1) is 19.2. The van der Waals surface area contributed by atoms with Gasteiger partial charge in [0.05, 0.1) is 16.6 Å². The lowest BCUT2D eigenvalue weighted by atomic mass is 9.73. The van der Waals surface area contributed by atoms with E-state index >= 15 is 0 Å². The van der Waals surface area contributed by atoms with Crippen molar-refractivity contribution in [3.8, 4) is 28.1 Å². The molecule has 4 aromatic rings. The van der Waals surface area contributed by atoms with Gasteiger partial charge < -0.3 is 19.5 Å². The lowest BCUT2D eigenvalue weighted by Gasteiger charge is -2.46. The molecular formula is C31H39N5O3S.